The Morgan fingerprint density at radius 3 is 1.60 bits per heavy atom. The summed E-state index contributed by atoms with van der Waals surface area (Å²) in [5.74, 6) is -6.97. The molecule has 68 heavy (non-hydrogen) atoms. The number of amides is 8. The van der Waals surface area contributed by atoms with Gasteiger partial charge in [-0.05, 0) is 102 Å². The van der Waals surface area contributed by atoms with Crippen molar-refractivity contribution in [3.63, 3.8) is 0 Å². The summed E-state index contributed by atoms with van der Waals surface area (Å²) in [5, 5.41) is 38.7. The van der Waals surface area contributed by atoms with Crippen molar-refractivity contribution >= 4 is 70.9 Å². The lowest BCUT2D eigenvalue weighted by Gasteiger charge is -2.30. The van der Waals surface area contributed by atoms with Gasteiger partial charge in [0.2, 0.25) is 47.3 Å². The van der Waals surface area contributed by atoms with Gasteiger partial charge in [-0.2, -0.15) is 11.8 Å². The maximum atomic E-state index is 14.0. The molecule has 0 spiro atoms. The van der Waals surface area contributed by atoms with Crippen LogP contribution in [0.25, 0.3) is 0 Å². The van der Waals surface area contributed by atoms with Crippen LogP contribution in [0, 0.1) is 17.8 Å². The Morgan fingerprint density at radius 1 is 0.647 bits per heavy atom. The van der Waals surface area contributed by atoms with Crippen molar-refractivity contribution in [1.29, 1.82) is 0 Å². The van der Waals surface area contributed by atoms with Gasteiger partial charge in [-0.1, -0.05) is 41.5 Å². The number of nitrogens with one attached hydrogen (secondary N) is 7. The highest BCUT2D eigenvalue weighted by Gasteiger charge is 2.40. The molecule has 388 valence electrons. The number of thioether (sulfide) groups is 1. The van der Waals surface area contributed by atoms with Crippen molar-refractivity contribution < 1.29 is 53.4 Å². The largest absolute Gasteiger partial charge is 0.480 e. The number of carbonyl (C=O) groups is 9. The first-order valence-corrected chi connectivity index (χ1v) is 24.7. The zero-order chi connectivity index (χ0) is 52.0. The molecule has 23 nitrogen and oxygen atoms in total. The highest BCUT2D eigenvalue weighted by Crippen LogP contribution is 2.20. The van der Waals surface area contributed by atoms with Gasteiger partial charge in [0, 0.05) is 13.1 Å². The number of aliphatic hydroxyl groups is 1. The maximum absolute atomic E-state index is 14.0. The van der Waals surface area contributed by atoms with Crippen LogP contribution in [0.2, 0.25) is 0 Å². The van der Waals surface area contributed by atoms with E-state index in [2.05, 4.69) is 42.2 Å². The van der Waals surface area contributed by atoms with Crippen molar-refractivity contribution in [2.45, 2.75) is 174 Å². The van der Waals surface area contributed by atoms with Gasteiger partial charge >= 0.3 is 5.97 Å². The van der Waals surface area contributed by atoms with Gasteiger partial charge in [-0.15, -0.1) is 0 Å². The van der Waals surface area contributed by atoms with E-state index in [1.54, 1.807) is 13.8 Å². The molecule has 10 atom stereocenters. The number of guanidine groups is 1. The molecule has 0 aromatic carbocycles. The number of nitrogens with two attached hydrogens (primary N) is 3. The molecule has 1 heterocycles. The summed E-state index contributed by atoms with van der Waals surface area (Å²) in [6, 6.07) is -10.6. The molecule has 0 unspecified atom stereocenters. The van der Waals surface area contributed by atoms with E-state index in [1.165, 1.54) is 37.4 Å². The number of hydrogen-bond donors (Lipinski definition) is 12. The van der Waals surface area contributed by atoms with Crippen molar-refractivity contribution in [3.8, 4) is 0 Å². The normalized spacial score (nSPS) is 17.6. The number of carboxylic acid groups (broad SMARTS) is 1. The minimum atomic E-state index is -1.66. The van der Waals surface area contributed by atoms with Crippen molar-refractivity contribution in [2.24, 2.45) is 39.9 Å². The molecule has 1 fully saturated rings. The van der Waals surface area contributed by atoms with Gasteiger partial charge in [0.05, 0.1) is 12.1 Å². The highest BCUT2D eigenvalue weighted by atomic mass is 32.2. The van der Waals surface area contributed by atoms with Crippen LogP contribution in [-0.4, -0.2) is 160 Å². The third-order valence-electron chi connectivity index (χ3n) is 10.9. The molecule has 0 radical (unpaired) electrons. The lowest BCUT2D eigenvalue weighted by Crippen LogP contribution is -2.62. The first-order chi connectivity index (χ1) is 31.7. The fourth-order valence-electron chi connectivity index (χ4n) is 7.34. The maximum Gasteiger partial charge on any atom is 0.326 e. The van der Waals surface area contributed by atoms with Gasteiger partial charge in [0.15, 0.2) is 5.96 Å². The third-order valence-corrected chi connectivity index (χ3v) is 11.5. The van der Waals surface area contributed by atoms with E-state index >= 15 is 0 Å². The zero-order valence-corrected chi connectivity index (χ0v) is 42.2. The van der Waals surface area contributed by atoms with E-state index < -0.39 is 114 Å². The van der Waals surface area contributed by atoms with Crippen molar-refractivity contribution in [3.05, 3.63) is 0 Å². The van der Waals surface area contributed by atoms with Crippen molar-refractivity contribution in [2.75, 3.05) is 25.1 Å². The molecule has 1 aliphatic heterocycles. The van der Waals surface area contributed by atoms with Gasteiger partial charge in [-0.3, -0.25) is 43.3 Å². The Labute approximate surface area is 404 Å². The highest BCUT2D eigenvalue weighted by molar-refractivity contribution is 7.98. The molecule has 24 heteroatoms. The van der Waals surface area contributed by atoms with Crippen LogP contribution in [0.15, 0.2) is 4.99 Å². The lowest BCUT2D eigenvalue weighted by molar-refractivity contribution is -0.143. The second-order valence-electron chi connectivity index (χ2n) is 18.7. The molecule has 1 aliphatic rings. The monoisotopic (exact) mass is 985 g/mol. The fourth-order valence-corrected chi connectivity index (χ4v) is 7.81. The van der Waals surface area contributed by atoms with E-state index in [9.17, 15) is 53.4 Å². The number of carboxylic acids is 1. The number of likely N-dealkylation sites (tertiary alicyclic amines) is 1. The number of rotatable bonds is 30. The lowest BCUT2D eigenvalue weighted by atomic mass is 9.98. The Bertz CT molecular complexity index is 1740. The smallest absolute Gasteiger partial charge is 0.326 e. The molecule has 0 aromatic heterocycles. The van der Waals surface area contributed by atoms with Crippen LogP contribution in [0.5, 0.6) is 0 Å². The number of aliphatic hydroxyl groups excluding tert-OH is 1. The first kappa shape index (κ1) is 60.8. The third kappa shape index (κ3) is 21.8. The Balaban J connectivity index is 3.34. The first-order valence-electron chi connectivity index (χ1n) is 23.3. The summed E-state index contributed by atoms with van der Waals surface area (Å²) >= 11 is 1.46. The van der Waals surface area contributed by atoms with E-state index in [4.69, 9.17) is 17.2 Å². The van der Waals surface area contributed by atoms with Crippen LogP contribution in [0.4, 0.5) is 0 Å². The predicted octanol–water partition coefficient (Wildman–Crippen LogP) is -1.85. The summed E-state index contributed by atoms with van der Waals surface area (Å²) < 4.78 is 0. The summed E-state index contributed by atoms with van der Waals surface area (Å²) in [4.78, 5) is 126. The molecule has 1 saturated heterocycles. The van der Waals surface area contributed by atoms with Crippen molar-refractivity contribution in [1.82, 2.24) is 42.1 Å². The average molecular weight is 985 g/mol. The minimum Gasteiger partial charge on any atom is -0.480 e. The van der Waals surface area contributed by atoms with Gasteiger partial charge in [-0.25, -0.2) is 4.79 Å². The van der Waals surface area contributed by atoms with Gasteiger partial charge in [0.1, 0.15) is 48.3 Å². The minimum absolute atomic E-state index is 0.0540. The molecule has 0 aliphatic carbocycles. The predicted molar refractivity (Wildman–Crippen MR) is 258 cm³/mol. The van der Waals surface area contributed by atoms with Crippen LogP contribution in [-0.2, 0) is 43.2 Å². The summed E-state index contributed by atoms with van der Waals surface area (Å²) in [5.41, 5.74) is 16.6. The summed E-state index contributed by atoms with van der Waals surface area (Å²) in [6.07, 6.45) is 1.71. The zero-order valence-electron chi connectivity index (χ0n) is 41.4. The number of nitrogens with zero attached hydrogens (tertiary/aromatic N) is 2. The van der Waals surface area contributed by atoms with Crippen LogP contribution in [0.1, 0.15) is 114 Å². The van der Waals surface area contributed by atoms with Crippen LogP contribution >= 0.6 is 11.8 Å². The quantitative estimate of drug-likeness (QED) is 0.0214. The molecule has 0 bridgehead atoms. The molecule has 1 rings (SSSR count). The molecule has 0 aromatic rings. The van der Waals surface area contributed by atoms with E-state index in [1.807, 2.05) is 34.0 Å². The average Bonchev–Trinajstić information content (AvgIpc) is 3.73. The van der Waals surface area contributed by atoms with E-state index in [0.717, 1.165) is 0 Å². The number of aliphatic imine (C=N–C) groups is 1. The molecule has 0 saturated carbocycles. The number of aliphatic carboxylic acids is 1. The molecular weight excluding hydrogens is 905 g/mol. The fraction of sp³-hybridized carbons (Fsp3) is 0.773. The molecular formula is C44H80N12O11S. The Morgan fingerprint density at radius 2 is 1.12 bits per heavy atom. The van der Waals surface area contributed by atoms with E-state index in [0.29, 0.717) is 12.2 Å². The summed E-state index contributed by atoms with van der Waals surface area (Å²) in [6.45, 7) is 15.2. The Kier molecular flexibility index (Phi) is 27.1. The van der Waals surface area contributed by atoms with Gasteiger partial charge < -0.3 is 69.5 Å². The summed E-state index contributed by atoms with van der Waals surface area (Å²) in [7, 11) is 0. The van der Waals surface area contributed by atoms with Crippen LogP contribution in [0.3, 0.4) is 0 Å². The second-order valence-corrected chi connectivity index (χ2v) is 19.7. The Hall–Kier alpha value is -5.23. The topological polar surface area (TPSA) is 372 Å². The van der Waals surface area contributed by atoms with Gasteiger partial charge in [0.25, 0.3) is 0 Å². The number of hydrogen-bond acceptors (Lipinski definition) is 13. The molecule has 15 N–H and O–H groups in total. The standard InChI is InChI=1S/C44H80N12O11S/c1-22(2)19-30(39(62)54-32(43(66)67)21-24(5)6)52-38(61)31(20-23(3)4)53-41(64)34(27(9)57)55-37(60)28(13-11-16-48-44(46)47)51-40(63)33-14-12-17-56(33)42(65)26(8)49-36(59)29(15-18-68-10)50-35(58)25(7)45/h22-34,57H,11-21,45H2,1-10H3,(H,49,59)(H,50,58)(H,51,63)(H,52,61)(H,53,64)(H,54,62)(H,55,60)(H,66,67)(H4,46,47,48)/t25-,26-,27+,28-,29-,30-,31-,32-,33-,34-/m0/s1. The second kappa shape index (κ2) is 30.3. The number of carbonyl (C=O) groups excluding carboxylic acids is 8. The van der Waals surface area contributed by atoms with Crippen LogP contribution < -0.4 is 54.4 Å². The van der Waals surface area contributed by atoms with E-state index in [-0.39, 0.29) is 81.7 Å². The SMILES string of the molecule is CSCC[C@H](NC(=O)[C@H](C)N)C(=O)N[C@@H](C)C(=O)N1CCC[C@H]1C(=O)N[C@@H](CCCN=C(N)N)C(=O)N[C@H](C(=O)N[C@@H](CC(C)C)C(=O)N[C@@H](CC(C)C)C(=O)N[C@@H](CC(C)C)C(=O)O)[C@@H](C)O. The molecule has 8 amide bonds.